The van der Waals surface area contributed by atoms with Crippen LogP contribution in [0, 0.1) is 6.92 Å². The van der Waals surface area contributed by atoms with Crippen molar-refractivity contribution in [2.45, 2.75) is 20.0 Å². The predicted octanol–water partition coefficient (Wildman–Crippen LogP) is 3.21. The van der Waals surface area contributed by atoms with Crippen molar-refractivity contribution in [3.8, 4) is 5.75 Å². The zero-order valence-corrected chi connectivity index (χ0v) is 11.8. The maximum atomic E-state index is 9.80. The third-order valence-electron chi connectivity index (χ3n) is 2.36. The number of phenols is 1. The van der Waals surface area contributed by atoms with Gasteiger partial charge in [0.15, 0.2) is 0 Å². The number of aryl methyl sites for hydroxylation is 1. The van der Waals surface area contributed by atoms with Crippen LogP contribution in [0.3, 0.4) is 0 Å². The van der Waals surface area contributed by atoms with Gasteiger partial charge >= 0.3 is 0 Å². The number of hydrogen-bond donors (Lipinski definition) is 2. The number of rotatable bonds is 4. The Morgan fingerprint density at radius 1 is 1.41 bits per heavy atom. The highest BCUT2D eigenvalue weighted by Crippen LogP contribution is 2.27. The molecule has 1 heterocycles. The minimum atomic E-state index is 0.300. The summed E-state index contributed by atoms with van der Waals surface area (Å²) in [5, 5.41) is 16.2. The molecule has 3 nitrogen and oxygen atoms in total. The van der Waals surface area contributed by atoms with E-state index in [9.17, 15) is 5.11 Å². The predicted molar refractivity (Wildman–Crippen MR) is 73.2 cm³/mol. The second-order valence-electron chi connectivity index (χ2n) is 3.71. The quantitative estimate of drug-likeness (QED) is 0.911. The lowest BCUT2D eigenvalue weighted by atomic mass is 10.2. The number of aromatic nitrogens is 1. The number of aromatic hydroxyl groups is 1. The minimum absolute atomic E-state index is 0.300. The van der Waals surface area contributed by atoms with Crippen LogP contribution in [0.5, 0.6) is 5.75 Å². The Labute approximate surface area is 113 Å². The molecule has 0 atom stereocenters. The minimum Gasteiger partial charge on any atom is -0.506 e. The Morgan fingerprint density at radius 2 is 2.24 bits per heavy atom. The first-order valence-corrected chi connectivity index (χ1v) is 6.92. The summed E-state index contributed by atoms with van der Waals surface area (Å²) >= 11 is 4.95. The first kappa shape index (κ1) is 12.5. The fourth-order valence-corrected chi connectivity index (χ4v) is 2.54. The number of hydrogen-bond acceptors (Lipinski definition) is 4. The van der Waals surface area contributed by atoms with Crippen LogP contribution in [0.1, 0.15) is 16.3 Å². The van der Waals surface area contributed by atoms with Crippen molar-refractivity contribution < 1.29 is 5.11 Å². The lowest BCUT2D eigenvalue weighted by Gasteiger charge is -2.06. The molecule has 2 aromatic rings. The molecule has 0 spiro atoms. The third-order valence-corrected chi connectivity index (χ3v) is 3.82. The molecule has 5 heteroatoms. The van der Waals surface area contributed by atoms with E-state index in [0.717, 1.165) is 27.3 Å². The van der Waals surface area contributed by atoms with Crippen LogP contribution in [0.4, 0.5) is 0 Å². The number of nitrogens with zero attached hydrogens (tertiary/aromatic N) is 1. The summed E-state index contributed by atoms with van der Waals surface area (Å²) in [5.74, 6) is 0.300. The SMILES string of the molecule is Cc1nc(CNCc2cccc(Br)c2O)cs1. The number of thiazole rings is 1. The summed E-state index contributed by atoms with van der Waals surface area (Å²) in [7, 11) is 0. The van der Waals surface area contributed by atoms with E-state index in [0.29, 0.717) is 12.3 Å². The number of nitrogens with one attached hydrogen (secondary N) is 1. The molecule has 0 unspecified atom stereocenters. The Balaban J connectivity index is 1.92. The molecule has 0 radical (unpaired) electrons. The van der Waals surface area contributed by atoms with Crippen molar-refractivity contribution in [3.63, 3.8) is 0 Å². The van der Waals surface area contributed by atoms with Gasteiger partial charge in [-0.05, 0) is 28.9 Å². The molecule has 1 aromatic carbocycles. The van der Waals surface area contributed by atoms with Crippen LogP contribution in [-0.4, -0.2) is 10.1 Å². The molecular formula is C12H13BrN2OS. The maximum Gasteiger partial charge on any atom is 0.134 e. The second kappa shape index (κ2) is 5.62. The summed E-state index contributed by atoms with van der Waals surface area (Å²) in [6.45, 7) is 3.34. The van der Waals surface area contributed by atoms with Crippen molar-refractivity contribution in [2.75, 3.05) is 0 Å². The van der Waals surface area contributed by atoms with Crippen molar-refractivity contribution in [3.05, 3.63) is 44.3 Å². The number of para-hydroxylation sites is 1. The largest absolute Gasteiger partial charge is 0.506 e. The van der Waals surface area contributed by atoms with Crippen molar-refractivity contribution in [1.29, 1.82) is 0 Å². The van der Waals surface area contributed by atoms with Crippen LogP contribution in [0.15, 0.2) is 28.1 Å². The first-order valence-electron chi connectivity index (χ1n) is 5.25. The zero-order valence-electron chi connectivity index (χ0n) is 9.40. The van der Waals surface area contributed by atoms with E-state index in [1.54, 1.807) is 11.3 Å². The van der Waals surface area contributed by atoms with Gasteiger partial charge in [0.05, 0.1) is 15.2 Å². The van der Waals surface area contributed by atoms with E-state index >= 15 is 0 Å². The third kappa shape index (κ3) is 3.28. The molecule has 1 aromatic heterocycles. The van der Waals surface area contributed by atoms with E-state index in [-0.39, 0.29) is 0 Å². The molecular weight excluding hydrogens is 300 g/mol. The maximum absolute atomic E-state index is 9.80. The molecule has 0 aliphatic rings. The Kier molecular flexibility index (Phi) is 4.15. The average molecular weight is 313 g/mol. The Bertz CT molecular complexity index is 513. The summed E-state index contributed by atoms with van der Waals surface area (Å²) in [6.07, 6.45) is 0. The van der Waals surface area contributed by atoms with E-state index in [4.69, 9.17) is 0 Å². The van der Waals surface area contributed by atoms with Crippen molar-refractivity contribution in [1.82, 2.24) is 10.3 Å². The zero-order chi connectivity index (χ0) is 12.3. The van der Waals surface area contributed by atoms with Crippen LogP contribution in [0.2, 0.25) is 0 Å². The van der Waals surface area contributed by atoms with E-state index in [1.165, 1.54) is 0 Å². The molecule has 0 saturated carbocycles. The Morgan fingerprint density at radius 3 is 2.94 bits per heavy atom. The lowest BCUT2D eigenvalue weighted by Crippen LogP contribution is -2.13. The van der Waals surface area contributed by atoms with Gasteiger partial charge in [0.1, 0.15) is 5.75 Å². The van der Waals surface area contributed by atoms with E-state index in [1.807, 2.05) is 30.5 Å². The molecule has 17 heavy (non-hydrogen) atoms. The fraction of sp³-hybridized carbons (Fsp3) is 0.250. The van der Waals surface area contributed by atoms with Crippen molar-refractivity contribution in [2.24, 2.45) is 0 Å². The molecule has 0 fully saturated rings. The van der Waals surface area contributed by atoms with Gasteiger partial charge in [0.2, 0.25) is 0 Å². The van der Waals surface area contributed by atoms with Crippen molar-refractivity contribution >= 4 is 27.3 Å². The lowest BCUT2D eigenvalue weighted by molar-refractivity contribution is 0.461. The highest BCUT2D eigenvalue weighted by Gasteiger charge is 2.04. The first-order chi connectivity index (χ1) is 8.16. The van der Waals surface area contributed by atoms with Gasteiger partial charge < -0.3 is 10.4 Å². The van der Waals surface area contributed by atoms with Gasteiger partial charge in [0, 0.05) is 24.0 Å². The molecule has 2 N–H and O–H groups in total. The summed E-state index contributed by atoms with van der Waals surface area (Å²) in [4.78, 5) is 4.37. The molecule has 0 bridgehead atoms. The van der Waals surface area contributed by atoms with Gasteiger partial charge in [-0.2, -0.15) is 0 Å². The summed E-state index contributed by atoms with van der Waals surface area (Å²) in [6, 6.07) is 5.63. The average Bonchev–Trinajstić information content (AvgIpc) is 2.70. The van der Waals surface area contributed by atoms with E-state index < -0.39 is 0 Å². The van der Waals surface area contributed by atoms with Crippen LogP contribution in [-0.2, 0) is 13.1 Å². The fourth-order valence-electron chi connectivity index (χ4n) is 1.52. The Hall–Kier alpha value is -0.910. The van der Waals surface area contributed by atoms with Gasteiger partial charge in [-0.25, -0.2) is 4.98 Å². The van der Waals surface area contributed by atoms with E-state index in [2.05, 4.69) is 26.2 Å². The van der Waals surface area contributed by atoms with Crippen LogP contribution < -0.4 is 5.32 Å². The van der Waals surface area contributed by atoms with Crippen LogP contribution >= 0.6 is 27.3 Å². The standard InChI is InChI=1S/C12H13BrN2OS/c1-8-15-10(7-17-8)6-14-5-9-3-2-4-11(13)12(9)16/h2-4,7,14,16H,5-6H2,1H3. The van der Waals surface area contributed by atoms with Crippen LogP contribution in [0.25, 0.3) is 0 Å². The van der Waals surface area contributed by atoms with Gasteiger partial charge in [-0.1, -0.05) is 12.1 Å². The molecule has 2 rings (SSSR count). The number of halogens is 1. The smallest absolute Gasteiger partial charge is 0.134 e. The molecule has 0 amide bonds. The summed E-state index contributed by atoms with van der Waals surface area (Å²) in [5.41, 5.74) is 1.92. The monoisotopic (exact) mass is 312 g/mol. The molecule has 0 saturated heterocycles. The topological polar surface area (TPSA) is 45.2 Å². The number of benzene rings is 1. The molecule has 0 aliphatic heterocycles. The highest BCUT2D eigenvalue weighted by atomic mass is 79.9. The summed E-state index contributed by atoms with van der Waals surface area (Å²) < 4.78 is 0.723. The van der Waals surface area contributed by atoms with Gasteiger partial charge in [-0.3, -0.25) is 0 Å². The molecule has 90 valence electrons. The highest BCUT2D eigenvalue weighted by molar-refractivity contribution is 9.10. The second-order valence-corrected chi connectivity index (χ2v) is 5.63. The van der Waals surface area contributed by atoms with Gasteiger partial charge in [-0.15, -0.1) is 11.3 Å². The number of phenolic OH excluding ortho intramolecular Hbond substituents is 1. The van der Waals surface area contributed by atoms with Gasteiger partial charge in [0.25, 0.3) is 0 Å². The molecule has 0 aliphatic carbocycles. The normalized spacial score (nSPS) is 10.7.